The molecule has 2 aromatic rings. The van der Waals surface area contributed by atoms with Gasteiger partial charge in [0.2, 0.25) is 5.95 Å². The summed E-state index contributed by atoms with van der Waals surface area (Å²) in [6, 6.07) is 6.77. The van der Waals surface area contributed by atoms with Crippen LogP contribution in [0.1, 0.15) is 30.8 Å². The Morgan fingerprint density at radius 2 is 2.04 bits per heavy atom. The zero-order chi connectivity index (χ0) is 16.8. The quantitative estimate of drug-likeness (QED) is 0.812. The molecule has 0 atom stereocenters. The van der Waals surface area contributed by atoms with E-state index in [2.05, 4.69) is 34.4 Å². The summed E-state index contributed by atoms with van der Waals surface area (Å²) in [5.41, 5.74) is 0.876. The van der Waals surface area contributed by atoms with Crippen LogP contribution in [-0.2, 0) is 0 Å². The molecule has 0 saturated carbocycles. The number of amides is 1. The maximum Gasteiger partial charge on any atom is 0.270 e. The number of aromatic nitrogens is 2. The molecule has 1 aromatic carbocycles. The van der Waals surface area contributed by atoms with Gasteiger partial charge in [0.1, 0.15) is 5.69 Å². The Morgan fingerprint density at radius 3 is 2.78 bits per heavy atom. The van der Waals surface area contributed by atoms with Crippen LogP contribution in [-0.4, -0.2) is 22.4 Å². The van der Waals surface area contributed by atoms with E-state index < -0.39 is 0 Å². The minimum absolute atomic E-state index is 0.228. The van der Waals surface area contributed by atoms with Crippen LogP contribution in [0.4, 0.5) is 11.6 Å². The van der Waals surface area contributed by atoms with Crippen molar-refractivity contribution in [3.63, 3.8) is 0 Å². The number of hydrogen-bond acceptors (Lipinski definition) is 4. The van der Waals surface area contributed by atoms with Gasteiger partial charge in [-0.25, -0.2) is 9.97 Å². The van der Waals surface area contributed by atoms with Crippen molar-refractivity contribution in [1.29, 1.82) is 0 Å². The fourth-order valence-electron chi connectivity index (χ4n) is 1.83. The van der Waals surface area contributed by atoms with Gasteiger partial charge in [0.25, 0.3) is 5.91 Å². The van der Waals surface area contributed by atoms with Crippen molar-refractivity contribution in [3.8, 4) is 0 Å². The molecule has 0 radical (unpaired) electrons. The second-order valence-corrected chi connectivity index (χ2v) is 6.22. The minimum atomic E-state index is -0.228. The second-order valence-electron chi connectivity index (χ2n) is 5.43. The van der Waals surface area contributed by atoms with Gasteiger partial charge in [-0.3, -0.25) is 4.79 Å². The number of nitrogens with one attached hydrogen (secondary N) is 2. The predicted molar refractivity (Wildman–Crippen MR) is 93.6 cm³/mol. The van der Waals surface area contributed by atoms with Crippen LogP contribution in [0.25, 0.3) is 0 Å². The van der Waals surface area contributed by atoms with Crippen molar-refractivity contribution in [1.82, 2.24) is 15.3 Å². The Labute approximate surface area is 145 Å². The first-order valence-electron chi connectivity index (χ1n) is 7.29. The molecule has 0 aliphatic rings. The molecular formula is C16H18Cl2N4O. The van der Waals surface area contributed by atoms with Crippen molar-refractivity contribution in [2.75, 3.05) is 11.9 Å². The minimum Gasteiger partial charge on any atom is -0.351 e. The van der Waals surface area contributed by atoms with E-state index in [0.717, 1.165) is 6.42 Å². The van der Waals surface area contributed by atoms with E-state index in [1.165, 1.54) is 6.20 Å². The van der Waals surface area contributed by atoms with Crippen LogP contribution in [0.2, 0.25) is 10.0 Å². The Morgan fingerprint density at radius 1 is 1.26 bits per heavy atom. The van der Waals surface area contributed by atoms with Crippen LogP contribution in [0.3, 0.4) is 0 Å². The summed E-state index contributed by atoms with van der Waals surface area (Å²) in [5, 5.41) is 6.61. The van der Waals surface area contributed by atoms with E-state index >= 15 is 0 Å². The molecule has 0 fully saturated rings. The Hall–Kier alpha value is -1.85. The summed E-state index contributed by atoms with van der Waals surface area (Å²) in [6.07, 6.45) is 2.44. The van der Waals surface area contributed by atoms with Gasteiger partial charge in [-0.2, -0.15) is 0 Å². The van der Waals surface area contributed by atoms with E-state index in [1.807, 2.05) is 0 Å². The number of nitrogens with zero attached hydrogens (tertiary/aromatic N) is 2. The average Bonchev–Trinajstić information content (AvgIpc) is 2.52. The second kappa shape index (κ2) is 8.13. The lowest BCUT2D eigenvalue weighted by molar-refractivity contribution is 0.0947. The molecule has 122 valence electrons. The highest BCUT2D eigenvalue weighted by atomic mass is 35.5. The molecule has 0 spiro atoms. The topological polar surface area (TPSA) is 66.9 Å². The zero-order valence-electron chi connectivity index (χ0n) is 12.9. The van der Waals surface area contributed by atoms with Gasteiger partial charge in [0.05, 0.1) is 15.7 Å². The van der Waals surface area contributed by atoms with Gasteiger partial charge < -0.3 is 10.6 Å². The number of carbonyl (C=O) groups is 1. The fraction of sp³-hybridized carbons (Fsp3) is 0.312. The number of carbonyl (C=O) groups excluding carboxylic acids is 1. The molecule has 1 amide bonds. The molecule has 1 aromatic heterocycles. The van der Waals surface area contributed by atoms with E-state index in [-0.39, 0.29) is 11.9 Å². The standard InChI is InChI=1S/C16H18Cl2N4O/c1-10(2)6-8-19-15(23)13-7-9-20-16(22-13)21-12-5-3-4-11(17)14(12)18/h3-5,7,9-10H,6,8H2,1-2H3,(H,19,23)(H,20,21,22). The van der Waals surface area contributed by atoms with Crippen molar-refractivity contribution in [3.05, 3.63) is 46.2 Å². The van der Waals surface area contributed by atoms with Crippen molar-refractivity contribution >= 4 is 40.7 Å². The molecule has 2 rings (SSSR count). The summed E-state index contributed by atoms with van der Waals surface area (Å²) >= 11 is 12.1. The molecule has 23 heavy (non-hydrogen) atoms. The number of benzene rings is 1. The lowest BCUT2D eigenvalue weighted by Crippen LogP contribution is -2.26. The van der Waals surface area contributed by atoms with Crippen molar-refractivity contribution < 1.29 is 4.79 Å². The van der Waals surface area contributed by atoms with Gasteiger partial charge in [-0.05, 0) is 30.5 Å². The third kappa shape index (κ3) is 5.08. The number of rotatable bonds is 6. The van der Waals surface area contributed by atoms with Gasteiger partial charge in [-0.1, -0.05) is 43.1 Å². The maximum atomic E-state index is 12.1. The predicted octanol–water partition coefficient (Wildman–Crippen LogP) is 4.30. The summed E-state index contributed by atoms with van der Waals surface area (Å²) in [6.45, 7) is 4.82. The highest BCUT2D eigenvalue weighted by molar-refractivity contribution is 6.43. The SMILES string of the molecule is CC(C)CCNC(=O)c1ccnc(Nc2cccc(Cl)c2Cl)n1. The molecule has 7 heteroatoms. The van der Waals surface area contributed by atoms with Crippen LogP contribution < -0.4 is 10.6 Å². The lowest BCUT2D eigenvalue weighted by atomic mass is 10.1. The molecule has 0 bridgehead atoms. The van der Waals surface area contributed by atoms with Gasteiger partial charge >= 0.3 is 0 Å². The molecule has 1 heterocycles. The third-order valence-corrected chi connectivity index (χ3v) is 3.91. The average molecular weight is 353 g/mol. The Balaban J connectivity index is 2.07. The van der Waals surface area contributed by atoms with Crippen LogP contribution >= 0.6 is 23.2 Å². The number of hydrogen-bond donors (Lipinski definition) is 2. The smallest absolute Gasteiger partial charge is 0.270 e. The van der Waals surface area contributed by atoms with E-state index in [0.29, 0.717) is 33.9 Å². The van der Waals surface area contributed by atoms with Gasteiger partial charge in [0, 0.05) is 12.7 Å². The summed E-state index contributed by atoms with van der Waals surface area (Å²) in [7, 11) is 0. The number of halogens is 2. The van der Waals surface area contributed by atoms with Crippen molar-refractivity contribution in [2.24, 2.45) is 5.92 Å². The highest BCUT2D eigenvalue weighted by Gasteiger charge is 2.10. The molecule has 5 nitrogen and oxygen atoms in total. The normalized spacial score (nSPS) is 10.7. The maximum absolute atomic E-state index is 12.1. The van der Waals surface area contributed by atoms with E-state index in [4.69, 9.17) is 23.2 Å². The molecule has 0 unspecified atom stereocenters. The Kier molecular flexibility index (Phi) is 6.19. The van der Waals surface area contributed by atoms with Gasteiger partial charge in [-0.15, -0.1) is 0 Å². The summed E-state index contributed by atoms with van der Waals surface area (Å²) in [5.74, 6) is 0.585. The zero-order valence-corrected chi connectivity index (χ0v) is 14.4. The largest absolute Gasteiger partial charge is 0.351 e. The molecule has 0 aliphatic heterocycles. The first kappa shape index (κ1) is 17.5. The first-order valence-corrected chi connectivity index (χ1v) is 8.05. The fourth-order valence-corrected chi connectivity index (χ4v) is 2.18. The molecular weight excluding hydrogens is 335 g/mol. The third-order valence-electron chi connectivity index (χ3n) is 3.09. The first-order chi connectivity index (χ1) is 11.0. The monoisotopic (exact) mass is 352 g/mol. The van der Waals surface area contributed by atoms with Crippen LogP contribution in [0.15, 0.2) is 30.5 Å². The summed E-state index contributed by atoms with van der Waals surface area (Å²) < 4.78 is 0. The molecule has 0 saturated heterocycles. The van der Waals surface area contributed by atoms with Crippen LogP contribution in [0.5, 0.6) is 0 Å². The summed E-state index contributed by atoms with van der Waals surface area (Å²) in [4.78, 5) is 20.4. The van der Waals surface area contributed by atoms with Crippen LogP contribution in [0, 0.1) is 5.92 Å². The van der Waals surface area contributed by atoms with Gasteiger partial charge in [0.15, 0.2) is 0 Å². The number of anilines is 2. The van der Waals surface area contributed by atoms with E-state index in [9.17, 15) is 4.79 Å². The molecule has 2 N–H and O–H groups in total. The molecule has 0 aliphatic carbocycles. The highest BCUT2D eigenvalue weighted by Crippen LogP contribution is 2.30. The van der Waals surface area contributed by atoms with Crippen molar-refractivity contribution in [2.45, 2.75) is 20.3 Å². The van der Waals surface area contributed by atoms with E-state index in [1.54, 1.807) is 24.3 Å². The Bertz CT molecular complexity index is 692. The lowest BCUT2D eigenvalue weighted by Gasteiger charge is -2.09.